The van der Waals surface area contributed by atoms with Gasteiger partial charge in [-0.1, -0.05) is 0 Å². The smallest absolute Gasteiger partial charge is 0.408 e. The molecule has 1 aromatic heterocycles. The molecule has 1 aliphatic heterocycles. The van der Waals surface area contributed by atoms with E-state index >= 15 is 0 Å². The highest BCUT2D eigenvalue weighted by Crippen LogP contribution is 2.26. The monoisotopic (exact) mass is 425 g/mol. The zero-order valence-corrected chi connectivity index (χ0v) is 17.6. The van der Waals surface area contributed by atoms with Gasteiger partial charge in [-0.3, -0.25) is 14.7 Å². The number of hydrogen-bond acceptors (Lipinski definition) is 5. The summed E-state index contributed by atoms with van der Waals surface area (Å²) < 4.78 is 25.6. The number of anilines is 1. The number of hydrogen-bond donors (Lipinski definition) is 2. The molecule has 0 radical (unpaired) electrons. The minimum Gasteiger partial charge on any atom is -0.465 e. The molecule has 2 amide bonds. The van der Waals surface area contributed by atoms with E-state index < -0.39 is 23.8 Å². The van der Waals surface area contributed by atoms with Crippen LogP contribution >= 0.6 is 0 Å². The van der Waals surface area contributed by atoms with E-state index in [0.717, 1.165) is 4.90 Å². The molecule has 30 heavy (non-hydrogen) atoms. The van der Waals surface area contributed by atoms with Gasteiger partial charge in [-0.15, -0.1) is 0 Å². The van der Waals surface area contributed by atoms with Gasteiger partial charge >= 0.3 is 6.09 Å². The summed E-state index contributed by atoms with van der Waals surface area (Å²) in [6, 6.07) is -0.912. The maximum Gasteiger partial charge on any atom is 0.408 e. The minimum absolute atomic E-state index is 0.0587. The standard InChI is InChI=1S/C20H29F2N5O3/c1-20(2,3)27(19(29)30)15(6-4-5-14-11-25-16(23)12-24-14)18(28)26-9-7-13(8-10-26)17(21)22/h11-12,15H,4-10H2,1-3H3,(H2,23,25)(H,29,30)/t15-/m0/s1. The van der Waals surface area contributed by atoms with Gasteiger partial charge < -0.3 is 15.7 Å². The Kier molecular flexibility index (Phi) is 7.69. The van der Waals surface area contributed by atoms with Crippen molar-refractivity contribution in [1.82, 2.24) is 19.8 Å². The van der Waals surface area contributed by atoms with Crippen molar-refractivity contribution in [1.29, 1.82) is 0 Å². The second kappa shape index (κ2) is 9.82. The first kappa shape index (κ1) is 23.5. The summed E-state index contributed by atoms with van der Waals surface area (Å²) in [6.45, 7) is 5.49. The van der Waals surface area contributed by atoms with E-state index in [1.165, 1.54) is 11.1 Å². The Bertz CT molecular complexity index is 779. The van der Waals surface area contributed by atoms with E-state index in [4.69, 9.17) is 5.73 Å². The Morgan fingerprint density at radius 3 is 2.33 bits per heavy atom. The number of aryl methyl sites for hydroxylation is 1. The summed E-state index contributed by atoms with van der Waals surface area (Å²) in [5.41, 5.74) is 5.48. The van der Waals surface area contributed by atoms with E-state index in [9.17, 15) is 23.5 Å². The van der Waals surface area contributed by atoms with Gasteiger partial charge in [-0.2, -0.15) is 8.78 Å². The first-order valence-electron chi connectivity index (χ1n) is 9.91. The predicted octanol–water partition coefficient (Wildman–Crippen LogP) is 3.30. The van der Waals surface area contributed by atoms with Gasteiger partial charge in [0.1, 0.15) is 11.9 Å². The Morgan fingerprint density at radius 1 is 1.23 bits per heavy atom. The average molecular weight is 425 g/mol. The molecular formula is C20H29F2N5O3. The van der Waals surface area contributed by atoms with Crippen molar-refractivity contribution in [2.45, 2.75) is 64.5 Å². The largest absolute Gasteiger partial charge is 0.465 e. The van der Waals surface area contributed by atoms with Crippen molar-refractivity contribution in [3.63, 3.8) is 0 Å². The van der Waals surface area contributed by atoms with Crippen LogP contribution in [0.15, 0.2) is 24.0 Å². The number of carbonyl (C=O) groups is 2. The highest BCUT2D eigenvalue weighted by Gasteiger charge is 2.39. The fourth-order valence-corrected chi connectivity index (χ4v) is 3.62. The molecule has 0 unspecified atom stereocenters. The Balaban J connectivity index is 2.15. The first-order valence-corrected chi connectivity index (χ1v) is 9.91. The molecule has 1 fully saturated rings. The van der Waals surface area contributed by atoms with Crippen molar-refractivity contribution in [3.8, 4) is 0 Å². The molecule has 3 N–H and O–H groups in total. The number of rotatable bonds is 6. The molecule has 1 atom stereocenters. The maximum absolute atomic E-state index is 13.2. The highest BCUT2D eigenvalue weighted by molar-refractivity contribution is 5.86. The van der Waals surface area contributed by atoms with Gasteiger partial charge in [0.25, 0.3) is 6.08 Å². The lowest BCUT2D eigenvalue weighted by molar-refractivity contribution is -0.139. The van der Waals surface area contributed by atoms with Gasteiger partial charge in [-0.05, 0) is 58.4 Å². The molecule has 166 valence electrons. The summed E-state index contributed by atoms with van der Waals surface area (Å²) in [4.78, 5) is 36.0. The summed E-state index contributed by atoms with van der Waals surface area (Å²) in [6.07, 6.45) is 1.61. The van der Waals surface area contributed by atoms with E-state index in [1.807, 2.05) is 0 Å². The van der Waals surface area contributed by atoms with E-state index in [-0.39, 0.29) is 43.8 Å². The number of likely N-dealkylation sites (tertiary alicyclic amines) is 1. The quantitative estimate of drug-likeness (QED) is 0.723. The van der Waals surface area contributed by atoms with Gasteiger partial charge in [-0.25, -0.2) is 9.78 Å². The van der Waals surface area contributed by atoms with Gasteiger partial charge in [0.05, 0.1) is 18.1 Å². The number of amides is 2. The number of aromatic nitrogens is 2. The SMILES string of the molecule is CC(C)(C)N(C(=O)O)[C@@H](CCCc1cnc(N)cn1)C(=O)N1CCC(=C(F)F)CC1. The van der Waals surface area contributed by atoms with Crippen molar-refractivity contribution in [2.75, 3.05) is 18.8 Å². The lowest BCUT2D eigenvalue weighted by Gasteiger charge is -2.41. The number of nitrogens with zero attached hydrogens (tertiary/aromatic N) is 4. The number of nitrogens with two attached hydrogens (primary N) is 1. The van der Waals surface area contributed by atoms with Crippen molar-refractivity contribution >= 4 is 17.8 Å². The van der Waals surface area contributed by atoms with Gasteiger partial charge in [0, 0.05) is 18.6 Å². The van der Waals surface area contributed by atoms with Gasteiger partial charge in [0.2, 0.25) is 5.91 Å². The van der Waals surface area contributed by atoms with Crippen LogP contribution in [0.1, 0.15) is 52.1 Å². The average Bonchev–Trinajstić information content (AvgIpc) is 2.66. The summed E-state index contributed by atoms with van der Waals surface area (Å²) >= 11 is 0. The van der Waals surface area contributed by atoms with Gasteiger partial charge in [0.15, 0.2) is 0 Å². The van der Waals surface area contributed by atoms with Crippen LogP contribution in [-0.2, 0) is 11.2 Å². The Labute approximate surface area is 174 Å². The molecule has 0 spiro atoms. The van der Waals surface area contributed by atoms with Crippen LogP contribution in [0.4, 0.5) is 19.4 Å². The fraction of sp³-hybridized carbons (Fsp3) is 0.600. The van der Waals surface area contributed by atoms with E-state index in [0.29, 0.717) is 24.4 Å². The molecule has 1 saturated heterocycles. The lowest BCUT2D eigenvalue weighted by Crippen LogP contribution is -2.58. The Morgan fingerprint density at radius 2 is 1.87 bits per heavy atom. The molecule has 0 saturated carbocycles. The summed E-state index contributed by atoms with van der Waals surface area (Å²) in [7, 11) is 0. The Hall–Kier alpha value is -2.78. The molecule has 1 aromatic rings. The molecule has 0 bridgehead atoms. The van der Waals surface area contributed by atoms with Crippen LogP contribution in [0.3, 0.4) is 0 Å². The molecule has 0 aliphatic carbocycles. The number of piperidine rings is 1. The number of nitrogen functional groups attached to an aromatic ring is 1. The number of carbonyl (C=O) groups excluding carboxylic acids is 1. The fourth-order valence-electron chi connectivity index (χ4n) is 3.62. The predicted molar refractivity (Wildman–Crippen MR) is 108 cm³/mol. The lowest BCUT2D eigenvalue weighted by atomic mass is 9.97. The zero-order valence-electron chi connectivity index (χ0n) is 17.6. The number of halogens is 2. The molecular weight excluding hydrogens is 396 g/mol. The van der Waals surface area contributed by atoms with Crippen LogP contribution in [0, 0.1) is 0 Å². The third kappa shape index (κ3) is 6.11. The van der Waals surface area contributed by atoms with E-state index in [1.54, 1.807) is 27.0 Å². The summed E-state index contributed by atoms with van der Waals surface area (Å²) in [5.74, 6) is -0.0474. The second-order valence-corrected chi connectivity index (χ2v) is 8.35. The topological polar surface area (TPSA) is 113 Å². The molecule has 0 aromatic carbocycles. The third-order valence-corrected chi connectivity index (χ3v) is 5.11. The van der Waals surface area contributed by atoms with E-state index in [2.05, 4.69) is 9.97 Å². The van der Waals surface area contributed by atoms with Crippen molar-refractivity contribution < 1.29 is 23.5 Å². The zero-order chi connectivity index (χ0) is 22.5. The van der Waals surface area contributed by atoms with Crippen LogP contribution in [0.2, 0.25) is 0 Å². The van der Waals surface area contributed by atoms with Crippen LogP contribution in [-0.4, -0.2) is 61.5 Å². The second-order valence-electron chi connectivity index (χ2n) is 8.35. The third-order valence-electron chi connectivity index (χ3n) is 5.11. The molecule has 1 aliphatic rings. The van der Waals surface area contributed by atoms with Crippen LogP contribution < -0.4 is 5.73 Å². The minimum atomic E-state index is -1.69. The van der Waals surface area contributed by atoms with Crippen molar-refractivity contribution in [2.24, 2.45) is 0 Å². The molecule has 8 nitrogen and oxygen atoms in total. The summed E-state index contributed by atoms with van der Waals surface area (Å²) in [5, 5.41) is 9.80. The molecule has 2 rings (SSSR count). The molecule has 2 heterocycles. The van der Waals surface area contributed by atoms with Crippen LogP contribution in [0.5, 0.6) is 0 Å². The van der Waals surface area contributed by atoms with Crippen LogP contribution in [0.25, 0.3) is 0 Å². The molecule has 10 heteroatoms. The maximum atomic E-state index is 13.2. The highest BCUT2D eigenvalue weighted by atomic mass is 19.3. The normalized spacial score (nSPS) is 15.6. The number of carboxylic acid groups (broad SMARTS) is 1. The first-order chi connectivity index (χ1) is 14.0. The van der Waals surface area contributed by atoms with Crippen molar-refractivity contribution in [3.05, 3.63) is 29.7 Å².